The molecule has 0 radical (unpaired) electrons. The van der Waals surface area contributed by atoms with Crippen LogP contribution in [0.25, 0.3) is 0 Å². The van der Waals surface area contributed by atoms with E-state index < -0.39 is 5.60 Å². The molecule has 1 atom stereocenters. The van der Waals surface area contributed by atoms with Gasteiger partial charge in [0.1, 0.15) is 5.60 Å². The van der Waals surface area contributed by atoms with Crippen LogP contribution in [-0.4, -0.2) is 29.8 Å². The topological polar surface area (TPSA) is 58.3 Å². The molecule has 1 saturated heterocycles. The first-order chi connectivity index (χ1) is 5.04. The van der Waals surface area contributed by atoms with Crippen molar-refractivity contribution in [3.05, 3.63) is 0 Å². The molecule has 3 heteroatoms. The number of β-amino-alcohol motifs (C(OH)–C–C–N with tert-alkyl or cyclic N) is 1. The Morgan fingerprint density at radius 1 is 1.55 bits per heavy atom. The van der Waals surface area contributed by atoms with Crippen LogP contribution in [0.5, 0.6) is 0 Å². The second kappa shape index (κ2) is 3.09. The summed E-state index contributed by atoms with van der Waals surface area (Å²) in [6.07, 6.45) is 0.901. The molecule has 0 aromatic heterocycles. The highest BCUT2D eigenvalue weighted by molar-refractivity contribution is 5.00. The molecule has 1 fully saturated rings. The lowest BCUT2D eigenvalue weighted by atomic mass is 9.84. The van der Waals surface area contributed by atoms with Gasteiger partial charge >= 0.3 is 0 Å². The van der Waals surface area contributed by atoms with Gasteiger partial charge in [-0.25, -0.2) is 0 Å². The summed E-state index contributed by atoms with van der Waals surface area (Å²) in [5, 5.41) is 12.8. The third-order valence-corrected chi connectivity index (χ3v) is 2.28. The molecular formula is C8H18N2O. The Hall–Kier alpha value is -0.120. The zero-order valence-corrected chi connectivity index (χ0v) is 7.30. The molecule has 0 bridgehead atoms. The van der Waals surface area contributed by atoms with E-state index in [1.54, 1.807) is 0 Å². The molecule has 0 saturated carbocycles. The number of hydrogen-bond donors (Lipinski definition) is 3. The summed E-state index contributed by atoms with van der Waals surface area (Å²) in [4.78, 5) is 0. The van der Waals surface area contributed by atoms with Crippen LogP contribution < -0.4 is 11.1 Å². The van der Waals surface area contributed by atoms with Gasteiger partial charge in [-0.2, -0.15) is 0 Å². The second-order valence-electron chi connectivity index (χ2n) is 3.94. The minimum atomic E-state index is -0.621. The quantitative estimate of drug-likeness (QED) is 0.528. The smallest absolute Gasteiger partial charge is 0.104 e. The molecular weight excluding hydrogens is 140 g/mol. The van der Waals surface area contributed by atoms with Crippen molar-refractivity contribution in [3.8, 4) is 0 Å². The van der Waals surface area contributed by atoms with Gasteiger partial charge in [-0.3, -0.25) is 0 Å². The molecule has 1 aliphatic heterocycles. The Morgan fingerprint density at radius 2 is 2.09 bits per heavy atom. The van der Waals surface area contributed by atoms with Gasteiger partial charge in [-0.05, 0) is 12.3 Å². The van der Waals surface area contributed by atoms with E-state index in [2.05, 4.69) is 19.2 Å². The standard InChI is InChI=1S/C8H18N2O/c1-6(2)3-7(9)8(11)4-10-5-8/h6-7,10-11H,3-5,9H2,1-2H3. The first-order valence-corrected chi connectivity index (χ1v) is 4.23. The van der Waals surface area contributed by atoms with Crippen LogP contribution in [0.4, 0.5) is 0 Å². The summed E-state index contributed by atoms with van der Waals surface area (Å²) in [6, 6.07) is -0.0660. The summed E-state index contributed by atoms with van der Waals surface area (Å²) in [7, 11) is 0. The molecule has 3 nitrogen and oxygen atoms in total. The van der Waals surface area contributed by atoms with E-state index in [0.29, 0.717) is 19.0 Å². The first kappa shape index (κ1) is 8.97. The van der Waals surface area contributed by atoms with Crippen LogP contribution in [0.15, 0.2) is 0 Å². The second-order valence-corrected chi connectivity index (χ2v) is 3.94. The fourth-order valence-electron chi connectivity index (χ4n) is 1.37. The van der Waals surface area contributed by atoms with Crippen molar-refractivity contribution < 1.29 is 5.11 Å². The van der Waals surface area contributed by atoms with Gasteiger partial charge in [0.05, 0.1) is 0 Å². The molecule has 0 aliphatic carbocycles. The van der Waals surface area contributed by atoms with Crippen LogP contribution in [0.3, 0.4) is 0 Å². The highest BCUT2D eigenvalue weighted by Gasteiger charge is 2.40. The third-order valence-electron chi connectivity index (χ3n) is 2.28. The summed E-state index contributed by atoms with van der Waals surface area (Å²) < 4.78 is 0. The minimum Gasteiger partial charge on any atom is -0.386 e. The Morgan fingerprint density at radius 3 is 2.36 bits per heavy atom. The zero-order valence-electron chi connectivity index (χ0n) is 7.30. The van der Waals surface area contributed by atoms with Crippen molar-refractivity contribution in [2.24, 2.45) is 11.7 Å². The SMILES string of the molecule is CC(C)CC(N)C1(O)CNC1. The number of nitrogens with two attached hydrogens (primary N) is 1. The lowest BCUT2D eigenvalue weighted by Crippen LogP contribution is -2.68. The summed E-state index contributed by atoms with van der Waals surface area (Å²) in [5.41, 5.74) is 5.20. The van der Waals surface area contributed by atoms with E-state index in [1.165, 1.54) is 0 Å². The monoisotopic (exact) mass is 158 g/mol. The number of aliphatic hydroxyl groups is 1. The van der Waals surface area contributed by atoms with Crippen molar-refractivity contribution >= 4 is 0 Å². The van der Waals surface area contributed by atoms with Gasteiger partial charge in [0.25, 0.3) is 0 Å². The molecule has 66 valence electrons. The molecule has 0 aromatic carbocycles. The van der Waals surface area contributed by atoms with E-state index in [9.17, 15) is 5.11 Å². The van der Waals surface area contributed by atoms with Crippen molar-refractivity contribution in [3.63, 3.8) is 0 Å². The van der Waals surface area contributed by atoms with Crippen molar-refractivity contribution in [1.29, 1.82) is 0 Å². The molecule has 1 unspecified atom stereocenters. The van der Waals surface area contributed by atoms with Gasteiger partial charge in [-0.1, -0.05) is 13.8 Å². The zero-order chi connectivity index (χ0) is 8.48. The Kier molecular flexibility index (Phi) is 2.52. The number of nitrogens with one attached hydrogen (secondary N) is 1. The molecule has 0 aromatic rings. The van der Waals surface area contributed by atoms with Crippen LogP contribution >= 0.6 is 0 Å². The fourth-order valence-corrected chi connectivity index (χ4v) is 1.37. The normalized spacial score (nSPS) is 24.8. The fraction of sp³-hybridized carbons (Fsp3) is 1.00. The number of rotatable bonds is 3. The van der Waals surface area contributed by atoms with Crippen molar-refractivity contribution in [1.82, 2.24) is 5.32 Å². The maximum atomic E-state index is 9.74. The third kappa shape index (κ3) is 1.92. The lowest BCUT2D eigenvalue weighted by molar-refractivity contribution is -0.0370. The molecule has 11 heavy (non-hydrogen) atoms. The summed E-state index contributed by atoms with van der Waals surface area (Å²) >= 11 is 0. The van der Waals surface area contributed by atoms with E-state index in [1.807, 2.05) is 0 Å². The number of hydrogen-bond acceptors (Lipinski definition) is 3. The van der Waals surface area contributed by atoms with Gasteiger partial charge in [0.2, 0.25) is 0 Å². The van der Waals surface area contributed by atoms with Gasteiger partial charge < -0.3 is 16.2 Å². The predicted octanol–water partition coefficient (Wildman–Crippen LogP) is -0.306. The molecule has 1 aliphatic rings. The van der Waals surface area contributed by atoms with Crippen LogP contribution in [0.2, 0.25) is 0 Å². The van der Waals surface area contributed by atoms with Gasteiger partial charge in [0, 0.05) is 19.1 Å². The molecule has 0 amide bonds. The van der Waals surface area contributed by atoms with Gasteiger partial charge in [0.15, 0.2) is 0 Å². The molecule has 0 spiro atoms. The van der Waals surface area contributed by atoms with Gasteiger partial charge in [-0.15, -0.1) is 0 Å². The van der Waals surface area contributed by atoms with Crippen molar-refractivity contribution in [2.75, 3.05) is 13.1 Å². The maximum absolute atomic E-state index is 9.74. The molecule has 1 heterocycles. The summed E-state index contributed by atoms with van der Waals surface area (Å²) in [6.45, 7) is 5.55. The first-order valence-electron chi connectivity index (χ1n) is 4.23. The highest BCUT2D eigenvalue weighted by Crippen LogP contribution is 2.19. The Balaban J connectivity index is 2.34. The van der Waals surface area contributed by atoms with Crippen molar-refractivity contribution in [2.45, 2.75) is 31.9 Å². The maximum Gasteiger partial charge on any atom is 0.104 e. The Labute approximate surface area is 68.0 Å². The predicted molar refractivity (Wildman–Crippen MR) is 45.2 cm³/mol. The van der Waals surface area contributed by atoms with Crippen LogP contribution in [0, 0.1) is 5.92 Å². The van der Waals surface area contributed by atoms with Crippen LogP contribution in [0.1, 0.15) is 20.3 Å². The van der Waals surface area contributed by atoms with E-state index in [0.717, 1.165) is 6.42 Å². The summed E-state index contributed by atoms with van der Waals surface area (Å²) in [5.74, 6) is 0.564. The molecule has 1 rings (SSSR count). The Bertz CT molecular complexity index is 132. The van der Waals surface area contributed by atoms with Crippen LogP contribution in [-0.2, 0) is 0 Å². The average molecular weight is 158 g/mol. The van der Waals surface area contributed by atoms with E-state index in [-0.39, 0.29) is 6.04 Å². The molecule has 4 N–H and O–H groups in total. The van der Waals surface area contributed by atoms with E-state index >= 15 is 0 Å². The highest BCUT2D eigenvalue weighted by atomic mass is 16.3. The average Bonchev–Trinajstić information content (AvgIpc) is 1.81. The largest absolute Gasteiger partial charge is 0.386 e. The minimum absolute atomic E-state index is 0.0660. The lowest BCUT2D eigenvalue weighted by Gasteiger charge is -2.42. The van der Waals surface area contributed by atoms with E-state index in [4.69, 9.17) is 5.73 Å².